The molecule has 1 aliphatic carbocycles. The molecule has 3 unspecified atom stereocenters. The van der Waals surface area contributed by atoms with Crippen LogP contribution in [0.25, 0.3) is 11.3 Å². The van der Waals surface area contributed by atoms with E-state index in [4.69, 9.17) is 15.8 Å². The van der Waals surface area contributed by atoms with Gasteiger partial charge in [0, 0.05) is 56.7 Å². The molecule has 2 aromatic heterocycles. The summed E-state index contributed by atoms with van der Waals surface area (Å²) in [4.78, 5) is 28.7. The number of carboxylic acid groups (broad SMARTS) is 1. The van der Waals surface area contributed by atoms with Crippen LogP contribution in [0.15, 0.2) is 30.6 Å². The zero-order chi connectivity index (χ0) is 22.5. The first-order chi connectivity index (χ1) is 15.4. The first-order valence-electron chi connectivity index (χ1n) is 11.4. The SMILES string of the molecule is CC1CC(CN2CCN(CC(=O)O)CC2)CC(Nc2nccc(-c3ccc(N)nc3)n2)C1. The number of carboxylic acids is 1. The van der Waals surface area contributed by atoms with Crippen LogP contribution in [-0.2, 0) is 4.79 Å². The topological polar surface area (TPSA) is 120 Å². The molecule has 1 aliphatic heterocycles. The summed E-state index contributed by atoms with van der Waals surface area (Å²) in [6.07, 6.45) is 6.94. The van der Waals surface area contributed by atoms with Crippen LogP contribution in [0, 0.1) is 11.8 Å². The number of carbonyl (C=O) groups is 1. The molecule has 4 rings (SSSR count). The Kier molecular flexibility index (Phi) is 7.16. The van der Waals surface area contributed by atoms with Gasteiger partial charge in [-0.15, -0.1) is 0 Å². The van der Waals surface area contributed by atoms with E-state index >= 15 is 0 Å². The van der Waals surface area contributed by atoms with Crippen LogP contribution >= 0.6 is 0 Å². The van der Waals surface area contributed by atoms with Crippen LogP contribution in [0.4, 0.5) is 11.8 Å². The molecule has 2 fully saturated rings. The highest BCUT2D eigenvalue weighted by Crippen LogP contribution is 2.31. The number of aromatic nitrogens is 3. The van der Waals surface area contributed by atoms with E-state index in [1.807, 2.05) is 17.0 Å². The maximum atomic E-state index is 10.9. The third-order valence-corrected chi connectivity index (χ3v) is 6.45. The van der Waals surface area contributed by atoms with Crippen LogP contribution in [0.1, 0.15) is 26.2 Å². The fourth-order valence-electron chi connectivity index (χ4n) is 5.03. The minimum atomic E-state index is -0.743. The van der Waals surface area contributed by atoms with Gasteiger partial charge in [-0.25, -0.2) is 15.0 Å². The first kappa shape index (κ1) is 22.4. The standard InChI is InChI=1S/C23H33N7O2/c1-16-10-17(14-29-6-8-30(9-7-29)15-22(31)32)12-19(11-16)27-23-25-5-4-20(28-23)18-2-3-21(24)26-13-18/h2-5,13,16-17,19H,6-12,14-15H2,1H3,(H2,24,26)(H,31,32)(H,25,27,28). The van der Waals surface area contributed by atoms with Crippen molar-refractivity contribution in [3.63, 3.8) is 0 Å². The molecule has 2 aromatic rings. The number of rotatable bonds is 7. The normalized spacial score (nSPS) is 24.8. The number of nitrogens with one attached hydrogen (secondary N) is 1. The molecule has 172 valence electrons. The lowest BCUT2D eigenvalue weighted by atomic mass is 9.79. The molecule has 0 amide bonds. The fourth-order valence-corrected chi connectivity index (χ4v) is 5.03. The second-order valence-corrected chi connectivity index (χ2v) is 9.23. The molecule has 3 heterocycles. The monoisotopic (exact) mass is 439 g/mol. The van der Waals surface area contributed by atoms with Gasteiger partial charge in [-0.2, -0.15) is 0 Å². The van der Waals surface area contributed by atoms with Crippen molar-refractivity contribution < 1.29 is 9.90 Å². The van der Waals surface area contributed by atoms with Crippen LogP contribution < -0.4 is 11.1 Å². The Morgan fingerprint density at radius 3 is 2.62 bits per heavy atom. The Balaban J connectivity index is 1.32. The lowest BCUT2D eigenvalue weighted by molar-refractivity contribution is -0.138. The highest BCUT2D eigenvalue weighted by molar-refractivity contribution is 5.69. The van der Waals surface area contributed by atoms with E-state index in [1.54, 1.807) is 18.5 Å². The van der Waals surface area contributed by atoms with Crippen molar-refractivity contribution in [2.24, 2.45) is 11.8 Å². The molecule has 9 heteroatoms. The van der Waals surface area contributed by atoms with Gasteiger partial charge in [0.1, 0.15) is 5.82 Å². The van der Waals surface area contributed by atoms with E-state index in [0.29, 0.717) is 29.6 Å². The fraction of sp³-hybridized carbons (Fsp3) is 0.565. The predicted molar refractivity (Wildman–Crippen MR) is 124 cm³/mol. The summed E-state index contributed by atoms with van der Waals surface area (Å²) in [6.45, 7) is 7.08. The van der Waals surface area contributed by atoms with Gasteiger partial charge >= 0.3 is 5.97 Å². The molecular weight excluding hydrogens is 406 g/mol. The number of hydrogen-bond donors (Lipinski definition) is 3. The first-order valence-corrected chi connectivity index (χ1v) is 11.4. The van der Waals surface area contributed by atoms with Crippen molar-refractivity contribution >= 4 is 17.7 Å². The Labute approximate surface area is 189 Å². The average molecular weight is 440 g/mol. The van der Waals surface area contributed by atoms with E-state index in [0.717, 1.165) is 56.8 Å². The minimum absolute atomic E-state index is 0.145. The summed E-state index contributed by atoms with van der Waals surface area (Å²) < 4.78 is 0. The largest absolute Gasteiger partial charge is 0.480 e. The van der Waals surface area contributed by atoms with Crippen molar-refractivity contribution in [3.05, 3.63) is 30.6 Å². The summed E-state index contributed by atoms with van der Waals surface area (Å²) in [5, 5.41) is 12.6. The Bertz CT molecular complexity index is 899. The van der Waals surface area contributed by atoms with Gasteiger partial charge in [0.2, 0.25) is 5.95 Å². The second-order valence-electron chi connectivity index (χ2n) is 9.23. The number of aliphatic carboxylic acids is 1. The minimum Gasteiger partial charge on any atom is -0.480 e. The molecule has 1 saturated carbocycles. The van der Waals surface area contributed by atoms with E-state index < -0.39 is 5.97 Å². The van der Waals surface area contributed by atoms with Crippen LogP contribution in [0.2, 0.25) is 0 Å². The lowest BCUT2D eigenvalue weighted by Gasteiger charge is -2.39. The van der Waals surface area contributed by atoms with Gasteiger partial charge in [-0.05, 0) is 49.3 Å². The van der Waals surface area contributed by atoms with E-state index in [1.165, 1.54) is 6.42 Å². The summed E-state index contributed by atoms with van der Waals surface area (Å²) in [6, 6.07) is 5.93. The highest BCUT2D eigenvalue weighted by Gasteiger charge is 2.29. The van der Waals surface area contributed by atoms with Gasteiger partial charge < -0.3 is 21.1 Å². The molecule has 4 N–H and O–H groups in total. The summed E-state index contributed by atoms with van der Waals surface area (Å²) >= 11 is 0. The van der Waals surface area contributed by atoms with E-state index in [2.05, 4.69) is 27.1 Å². The smallest absolute Gasteiger partial charge is 0.317 e. The molecule has 0 bridgehead atoms. The summed E-state index contributed by atoms with van der Waals surface area (Å²) in [5.41, 5.74) is 7.44. The average Bonchev–Trinajstić information content (AvgIpc) is 2.75. The van der Waals surface area contributed by atoms with Crippen molar-refractivity contribution in [2.45, 2.75) is 32.2 Å². The zero-order valence-corrected chi connectivity index (χ0v) is 18.7. The number of nitrogens with two attached hydrogens (primary N) is 1. The quantitative estimate of drug-likeness (QED) is 0.595. The Morgan fingerprint density at radius 2 is 1.91 bits per heavy atom. The predicted octanol–water partition coefficient (Wildman–Crippen LogP) is 2.04. The third kappa shape index (κ3) is 6.14. The molecule has 0 radical (unpaired) electrons. The summed E-state index contributed by atoms with van der Waals surface area (Å²) in [5.74, 6) is 1.66. The van der Waals surface area contributed by atoms with Crippen LogP contribution in [0.3, 0.4) is 0 Å². The number of pyridine rings is 1. The van der Waals surface area contributed by atoms with E-state index in [9.17, 15) is 4.79 Å². The van der Waals surface area contributed by atoms with Gasteiger partial charge in [0.05, 0.1) is 12.2 Å². The van der Waals surface area contributed by atoms with Gasteiger partial charge in [-0.3, -0.25) is 9.69 Å². The van der Waals surface area contributed by atoms with E-state index in [-0.39, 0.29) is 6.54 Å². The summed E-state index contributed by atoms with van der Waals surface area (Å²) in [7, 11) is 0. The number of nitrogens with zero attached hydrogens (tertiary/aromatic N) is 5. The number of anilines is 2. The molecule has 0 spiro atoms. The maximum absolute atomic E-state index is 10.9. The molecule has 3 atom stereocenters. The van der Waals surface area contributed by atoms with Crippen LogP contribution in [-0.4, -0.2) is 81.1 Å². The van der Waals surface area contributed by atoms with Gasteiger partial charge in [0.25, 0.3) is 0 Å². The molecule has 2 aliphatic rings. The number of piperazine rings is 1. The lowest BCUT2D eigenvalue weighted by Crippen LogP contribution is -2.49. The van der Waals surface area contributed by atoms with Gasteiger partial charge in [-0.1, -0.05) is 6.92 Å². The number of hydrogen-bond acceptors (Lipinski definition) is 8. The van der Waals surface area contributed by atoms with Crippen molar-refractivity contribution in [2.75, 3.05) is 50.3 Å². The Morgan fingerprint density at radius 1 is 1.12 bits per heavy atom. The van der Waals surface area contributed by atoms with Crippen LogP contribution in [0.5, 0.6) is 0 Å². The molecule has 1 saturated heterocycles. The highest BCUT2D eigenvalue weighted by atomic mass is 16.4. The second kappa shape index (κ2) is 10.2. The van der Waals surface area contributed by atoms with Crippen molar-refractivity contribution in [1.82, 2.24) is 24.8 Å². The zero-order valence-electron chi connectivity index (χ0n) is 18.7. The third-order valence-electron chi connectivity index (χ3n) is 6.45. The molecule has 32 heavy (non-hydrogen) atoms. The maximum Gasteiger partial charge on any atom is 0.317 e. The number of nitrogen functional groups attached to an aromatic ring is 1. The van der Waals surface area contributed by atoms with Crippen molar-refractivity contribution in [3.8, 4) is 11.3 Å². The molecule has 9 nitrogen and oxygen atoms in total. The Hall–Kier alpha value is -2.78. The molecular formula is C23H33N7O2. The molecule has 0 aromatic carbocycles. The van der Waals surface area contributed by atoms with Gasteiger partial charge in [0.15, 0.2) is 0 Å². The van der Waals surface area contributed by atoms with Crippen molar-refractivity contribution in [1.29, 1.82) is 0 Å².